The van der Waals surface area contributed by atoms with Crippen LogP contribution in [0, 0.1) is 21.4 Å². The third-order valence-electron chi connectivity index (χ3n) is 3.82. The van der Waals surface area contributed by atoms with Gasteiger partial charge in [-0.05, 0) is 36.4 Å². The maximum absolute atomic E-state index is 12.3. The lowest BCUT2D eigenvalue weighted by atomic mass is 10.1. The van der Waals surface area contributed by atoms with Crippen LogP contribution >= 0.6 is 15.9 Å². The minimum atomic E-state index is -0.623. The molecule has 1 heterocycles. The first kappa shape index (κ1) is 19.9. The Morgan fingerprint density at radius 2 is 2.03 bits per heavy atom. The lowest BCUT2D eigenvalue weighted by Crippen LogP contribution is -2.13. The number of rotatable bonds is 5. The summed E-state index contributed by atoms with van der Waals surface area (Å²) < 4.78 is 6.31. The summed E-state index contributed by atoms with van der Waals surface area (Å²) in [6.45, 7) is 0. The van der Waals surface area contributed by atoms with Crippen molar-refractivity contribution in [2.45, 2.75) is 0 Å². The minimum absolute atomic E-state index is 0.121. The second kappa shape index (κ2) is 8.41. The normalized spacial score (nSPS) is 11.0. The largest absolute Gasteiger partial charge is 0.507 e. The predicted molar refractivity (Wildman–Crippen MR) is 109 cm³/mol. The number of hydrogen-bond donors (Lipinski definition) is 2. The molecular formula is C20H12BrN3O5. The SMILES string of the molecule is N#C/C(=C/c1ccc(-c2cc([N+](=O)[O-])ccc2O)o1)C(=O)Nc1cccc(Br)c1. The van der Waals surface area contributed by atoms with Gasteiger partial charge in [-0.25, -0.2) is 0 Å². The van der Waals surface area contributed by atoms with E-state index in [0.29, 0.717) is 5.69 Å². The fourth-order valence-electron chi connectivity index (χ4n) is 2.47. The van der Waals surface area contributed by atoms with Crippen LogP contribution in [-0.4, -0.2) is 15.9 Å². The molecule has 0 fully saturated rings. The zero-order chi connectivity index (χ0) is 21.0. The van der Waals surface area contributed by atoms with Crippen LogP contribution < -0.4 is 5.32 Å². The van der Waals surface area contributed by atoms with Gasteiger partial charge in [0.15, 0.2) is 0 Å². The molecule has 0 aliphatic carbocycles. The second-order valence-corrected chi connectivity index (χ2v) is 6.71. The third-order valence-corrected chi connectivity index (χ3v) is 4.31. The molecule has 1 aromatic heterocycles. The first-order valence-corrected chi connectivity index (χ1v) is 8.93. The summed E-state index contributed by atoms with van der Waals surface area (Å²) >= 11 is 3.30. The summed E-state index contributed by atoms with van der Waals surface area (Å²) in [6.07, 6.45) is 1.24. The number of nitro benzene ring substituents is 1. The molecule has 0 bridgehead atoms. The number of anilines is 1. The molecule has 0 atom stereocenters. The van der Waals surface area contributed by atoms with Crippen molar-refractivity contribution in [3.05, 3.63) is 80.5 Å². The van der Waals surface area contributed by atoms with Gasteiger partial charge in [-0.2, -0.15) is 5.26 Å². The van der Waals surface area contributed by atoms with Crippen molar-refractivity contribution in [3.63, 3.8) is 0 Å². The topological polar surface area (TPSA) is 129 Å². The van der Waals surface area contributed by atoms with E-state index in [2.05, 4.69) is 21.2 Å². The first-order chi connectivity index (χ1) is 13.9. The van der Waals surface area contributed by atoms with Crippen LogP contribution in [0.1, 0.15) is 5.76 Å². The van der Waals surface area contributed by atoms with E-state index < -0.39 is 10.8 Å². The molecular weight excluding hydrogens is 442 g/mol. The number of non-ortho nitro benzene ring substituents is 1. The fourth-order valence-corrected chi connectivity index (χ4v) is 2.86. The average molecular weight is 454 g/mol. The number of benzene rings is 2. The van der Waals surface area contributed by atoms with Crippen LogP contribution in [0.15, 0.2) is 69.1 Å². The Morgan fingerprint density at radius 1 is 1.24 bits per heavy atom. The lowest BCUT2D eigenvalue weighted by Gasteiger charge is -2.04. The highest BCUT2D eigenvalue weighted by Gasteiger charge is 2.16. The van der Waals surface area contributed by atoms with Crippen LogP contribution in [0.4, 0.5) is 11.4 Å². The van der Waals surface area contributed by atoms with Crippen molar-refractivity contribution < 1.29 is 19.2 Å². The van der Waals surface area contributed by atoms with Crippen molar-refractivity contribution in [2.75, 3.05) is 5.32 Å². The number of nitriles is 1. The molecule has 0 aliphatic heterocycles. The Labute approximate surface area is 173 Å². The highest BCUT2D eigenvalue weighted by molar-refractivity contribution is 9.10. The molecule has 0 radical (unpaired) electrons. The number of amides is 1. The molecule has 0 saturated heterocycles. The molecule has 2 N–H and O–H groups in total. The van der Waals surface area contributed by atoms with E-state index in [9.17, 15) is 25.3 Å². The predicted octanol–water partition coefficient (Wildman–Crippen LogP) is 4.87. The number of carbonyl (C=O) groups excluding carboxylic acids is 1. The zero-order valence-corrected chi connectivity index (χ0v) is 16.2. The summed E-state index contributed by atoms with van der Waals surface area (Å²) in [4.78, 5) is 22.7. The van der Waals surface area contributed by atoms with Crippen LogP contribution in [0.2, 0.25) is 0 Å². The van der Waals surface area contributed by atoms with Gasteiger partial charge in [-0.15, -0.1) is 0 Å². The Morgan fingerprint density at radius 3 is 2.72 bits per heavy atom. The van der Waals surface area contributed by atoms with Gasteiger partial charge in [-0.3, -0.25) is 14.9 Å². The number of hydrogen-bond acceptors (Lipinski definition) is 6. The molecule has 1 amide bonds. The van der Waals surface area contributed by atoms with Gasteiger partial charge in [0.1, 0.15) is 28.9 Å². The molecule has 0 unspecified atom stereocenters. The highest BCUT2D eigenvalue weighted by atomic mass is 79.9. The van der Waals surface area contributed by atoms with E-state index in [1.54, 1.807) is 24.3 Å². The first-order valence-electron chi connectivity index (χ1n) is 8.13. The van der Waals surface area contributed by atoms with E-state index in [1.807, 2.05) is 6.07 Å². The van der Waals surface area contributed by atoms with Crippen molar-refractivity contribution in [1.29, 1.82) is 5.26 Å². The number of nitrogens with zero attached hydrogens (tertiary/aromatic N) is 2. The number of aromatic hydroxyl groups is 1. The number of carbonyl (C=O) groups is 1. The Hall–Kier alpha value is -3.90. The van der Waals surface area contributed by atoms with Crippen molar-refractivity contribution in [1.82, 2.24) is 0 Å². The van der Waals surface area contributed by atoms with Crippen LogP contribution in [-0.2, 0) is 4.79 Å². The molecule has 0 saturated carbocycles. The Bertz CT molecular complexity index is 1180. The molecule has 3 rings (SSSR count). The standard InChI is InChI=1S/C20H12BrN3O5/c21-13-2-1-3-14(9-13)23-20(26)12(11-22)8-16-5-7-19(29-16)17-10-15(24(27)28)4-6-18(17)25/h1-10,25H,(H,23,26)/b12-8-. The highest BCUT2D eigenvalue weighted by Crippen LogP contribution is 2.34. The van der Waals surface area contributed by atoms with E-state index in [0.717, 1.165) is 4.47 Å². The molecule has 3 aromatic rings. The molecule has 0 aliphatic rings. The zero-order valence-electron chi connectivity index (χ0n) is 14.6. The lowest BCUT2D eigenvalue weighted by molar-refractivity contribution is -0.384. The minimum Gasteiger partial charge on any atom is -0.507 e. The molecule has 0 spiro atoms. The molecule has 8 nitrogen and oxygen atoms in total. The maximum atomic E-state index is 12.3. The van der Waals surface area contributed by atoms with E-state index in [1.165, 1.54) is 36.4 Å². The van der Waals surface area contributed by atoms with E-state index in [4.69, 9.17) is 4.42 Å². The van der Waals surface area contributed by atoms with Crippen molar-refractivity contribution in [3.8, 4) is 23.1 Å². The van der Waals surface area contributed by atoms with Gasteiger partial charge in [0.25, 0.3) is 11.6 Å². The number of nitrogens with one attached hydrogen (secondary N) is 1. The van der Waals surface area contributed by atoms with Gasteiger partial charge < -0.3 is 14.8 Å². The number of halogens is 1. The number of phenols is 1. The number of nitro groups is 1. The van der Waals surface area contributed by atoms with Crippen LogP contribution in [0.3, 0.4) is 0 Å². The Balaban J connectivity index is 1.86. The van der Waals surface area contributed by atoms with Gasteiger partial charge in [0, 0.05) is 28.4 Å². The average Bonchev–Trinajstić information content (AvgIpc) is 3.14. The van der Waals surface area contributed by atoms with Crippen molar-refractivity contribution >= 4 is 39.3 Å². The van der Waals surface area contributed by atoms with Gasteiger partial charge in [0.2, 0.25) is 0 Å². The second-order valence-electron chi connectivity index (χ2n) is 5.79. The van der Waals surface area contributed by atoms with Crippen molar-refractivity contribution in [2.24, 2.45) is 0 Å². The molecule has 9 heteroatoms. The molecule has 2 aromatic carbocycles. The van der Waals surface area contributed by atoms with Crippen LogP contribution in [0.25, 0.3) is 17.4 Å². The quantitative estimate of drug-likeness (QED) is 0.245. The summed E-state index contributed by atoms with van der Waals surface area (Å²) in [5.41, 5.74) is 0.217. The van der Waals surface area contributed by atoms with E-state index >= 15 is 0 Å². The number of furan rings is 1. The van der Waals surface area contributed by atoms with E-state index in [-0.39, 0.29) is 34.1 Å². The van der Waals surface area contributed by atoms with Crippen LogP contribution in [0.5, 0.6) is 5.75 Å². The third kappa shape index (κ3) is 4.69. The summed E-state index contributed by atoms with van der Waals surface area (Å²) in [7, 11) is 0. The van der Waals surface area contributed by atoms with Gasteiger partial charge in [-0.1, -0.05) is 22.0 Å². The monoisotopic (exact) mass is 453 g/mol. The molecule has 144 valence electrons. The maximum Gasteiger partial charge on any atom is 0.270 e. The molecule has 29 heavy (non-hydrogen) atoms. The summed E-state index contributed by atoms with van der Waals surface area (Å²) in [5, 5.41) is 32.8. The summed E-state index contributed by atoms with van der Waals surface area (Å²) in [5.74, 6) is -0.496. The van der Waals surface area contributed by atoms with Gasteiger partial charge >= 0.3 is 0 Å². The van der Waals surface area contributed by atoms with Gasteiger partial charge in [0.05, 0.1) is 10.5 Å². The smallest absolute Gasteiger partial charge is 0.270 e. The Kier molecular flexibility index (Phi) is 5.76. The fraction of sp³-hybridized carbons (Fsp3) is 0. The summed E-state index contributed by atoms with van der Waals surface area (Å²) in [6, 6.07) is 15.2. The number of phenolic OH excluding ortho intramolecular Hbond substituents is 1.